The van der Waals surface area contributed by atoms with Gasteiger partial charge in [-0.25, -0.2) is 0 Å². The number of nitrogens with zero attached hydrogens (tertiary/aromatic N) is 2. The molecule has 0 aliphatic rings. The van der Waals surface area contributed by atoms with Gasteiger partial charge in [-0.3, -0.25) is 14.7 Å². The molecule has 0 bridgehead atoms. The maximum atomic E-state index is 12.1. The summed E-state index contributed by atoms with van der Waals surface area (Å²) in [5.41, 5.74) is 0.946. The number of benzene rings is 1. The molecule has 2 aromatic rings. The van der Waals surface area contributed by atoms with E-state index >= 15 is 0 Å². The minimum atomic E-state index is -0.0365. The molecule has 1 aromatic heterocycles. The van der Waals surface area contributed by atoms with Crippen LogP contribution in [0.4, 0.5) is 0 Å². The summed E-state index contributed by atoms with van der Waals surface area (Å²) in [6, 6.07) is 13.3. The van der Waals surface area contributed by atoms with Crippen LogP contribution in [0, 0.1) is 0 Å². The monoisotopic (exact) mass is 357 g/mol. The summed E-state index contributed by atoms with van der Waals surface area (Å²) in [7, 11) is 1.91. The molecule has 0 radical (unpaired) electrons. The second kappa shape index (κ2) is 10.4. The van der Waals surface area contributed by atoms with Crippen molar-refractivity contribution in [2.75, 3.05) is 33.4 Å². The molecular weight excluding hydrogens is 330 g/mol. The molecule has 1 heterocycles. The summed E-state index contributed by atoms with van der Waals surface area (Å²) in [6.45, 7) is 5.80. The fourth-order valence-corrected chi connectivity index (χ4v) is 2.43. The molecule has 6 heteroatoms. The van der Waals surface area contributed by atoms with Crippen LogP contribution in [0.15, 0.2) is 48.7 Å². The van der Waals surface area contributed by atoms with Crippen LogP contribution in [0.3, 0.4) is 0 Å². The first-order valence-corrected chi connectivity index (χ1v) is 8.83. The number of ether oxygens (including phenoxy) is 2. The number of likely N-dealkylation sites (N-methyl/N-ethyl adjacent to an activating group) is 1. The van der Waals surface area contributed by atoms with Crippen molar-refractivity contribution in [3.05, 3.63) is 54.4 Å². The van der Waals surface area contributed by atoms with E-state index in [9.17, 15) is 4.79 Å². The maximum Gasteiger partial charge on any atom is 0.234 e. The predicted octanol–water partition coefficient (Wildman–Crippen LogP) is 2.67. The van der Waals surface area contributed by atoms with Crippen LogP contribution in [0.5, 0.6) is 11.5 Å². The smallest absolute Gasteiger partial charge is 0.234 e. The molecule has 0 aliphatic carbocycles. The van der Waals surface area contributed by atoms with Crippen molar-refractivity contribution in [1.29, 1.82) is 0 Å². The van der Waals surface area contributed by atoms with Gasteiger partial charge in [-0.2, -0.15) is 0 Å². The Hall–Kier alpha value is -2.60. The highest BCUT2D eigenvalue weighted by atomic mass is 16.5. The SMILES string of the molecule is CCOc1ccc(OCCNC(=O)CN(C)[C@@H](C)c2ccccn2)cc1. The molecule has 0 saturated carbocycles. The maximum absolute atomic E-state index is 12.1. The van der Waals surface area contributed by atoms with Crippen molar-refractivity contribution in [3.8, 4) is 11.5 Å². The zero-order valence-corrected chi connectivity index (χ0v) is 15.6. The normalized spacial score (nSPS) is 11.8. The lowest BCUT2D eigenvalue weighted by Gasteiger charge is -2.23. The number of amides is 1. The molecule has 0 spiro atoms. The summed E-state index contributed by atoms with van der Waals surface area (Å²) in [5.74, 6) is 1.53. The van der Waals surface area contributed by atoms with E-state index < -0.39 is 0 Å². The lowest BCUT2D eigenvalue weighted by atomic mass is 10.2. The Labute approximate surface area is 155 Å². The molecule has 1 aromatic carbocycles. The van der Waals surface area contributed by atoms with E-state index in [0.29, 0.717) is 26.3 Å². The molecule has 0 fully saturated rings. The Balaban J connectivity index is 1.67. The van der Waals surface area contributed by atoms with Crippen LogP contribution in [0.2, 0.25) is 0 Å². The van der Waals surface area contributed by atoms with E-state index in [1.807, 2.05) is 68.3 Å². The highest BCUT2D eigenvalue weighted by molar-refractivity contribution is 5.78. The largest absolute Gasteiger partial charge is 0.494 e. The topological polar surface area (TPSA) is 63.7 Å². The molecule has 0 aliphatic heterocycles. The van der Waals surface area contributed by atoms with Crippen LogP contribution < -0.4 is 14.8 Å². The average Bonchev–Trinajstić information content (AvgIpc) is 2.67. The number of nitrogens with one attached hydrogen (secondary N) is 1. The molecule has 26 heavy (non-hydrogen) atoms. The first kappa shape index (κ1) is 19.7. The lowest BCUT2D eigenvalue weighted by Crippen LogP contribution is -2.38. The van der Waals surface area contributed by atoms with Gasteiger partial charge in [-0.15, -0.1) is 0 Å². The van der Waals surface area contributed by atoms with Crippen molar-refractivity contribution >= 4 is 5.91 Å². The summed E-state index contributed by atoms with van der Waals surface area (Å²) in [4.78, 5) is 18.4. The molecule has 0 saturated heterocycles. The summed E-state index contributed by atoms with van der Waals surface area (Å²) in [5, 5.41) is 2.87. The predicted molar refractivity (Wildman–Crippen MR) is 101 cm³/mol. The van der Waals surface area contributed by atoms with Gasteiger partial charge in [0.1, 0.15) is 18.1 Å². The molecule has 0 unspecified atom stereocenters. The van der Waals surface area contributed by atoms with Gasteiger partial charge in [0.25, 0.3) is 0 Å². The van der Waals surface area contributed by atoms with Gasteiger partial charge in [0.2, 0.25) is 5.91 Å². The van der Waals surface area contributed by atoms with Crippen molar-refractivity contribution < 1.29 is 14.3 Å². The third-order valence-corrected chi connectivity index (χ3v) is 4.00. The number of pyridine rings is 1. The van der Waals surface area contributed by atoms with Crippen LogP contribution in [-0.4, -0.2) is 49.1 Å². The highest BCUT2D eigenvalue weighted by Gasteiger charge is 2.15. The van der Waals surface area contributed by atoms with E-state index in [2.05, 4.69) is 10.3 Å². The lowest BCUT2D eigenvalue weighted by molar-refractivity contribution is -0.122. The van der Waals surface area contributed by atoms with Gasteiger partial charge in [-0.1, -0.05) is 6.07 Å². The third-order valence-electron chi connectivity index (χ3n) is 4.00. The van der Waals surface area contributed by atoms with Crippen LogP contribution in [0.25, 0.3) is 0 Å². The summed E-state index contributed by atoms with van der Waals surface area (Å²) >= 11 is 0. The van der Waals surface area contributed by atoms with Gasteiger partial charge in [0.15, 0.2) is 0 Å². The molecular formula is C20H27N3O3. The van der Waals surface area contributed by atoms with E-state index in [1.165, 1.54) is 0 Å². The number of hydrogen-bond donors (Lipinski definition) is 1. The molecule has 140 valence electrons. The number of carbonyl (C=O) groups excluding carboxylic acids is 1. The number of hydrogen-bond acceptors (Lipinski definition) is 5. The standard InChI is InChI=1S/C20H27N3O3/c1-4-25-17-8-10-18(11-9-17)26-14-13-22-20(24)15-23(3)16(2)19-7-5-6-12-21-19/h5-12,16H,4,13-15H2,1-3H3,(H,22,24)/t16-/m0/s1. The van der Waals surface area contributed by atoms with Gasteiger partial charge in [0.05, 0.1) is 25.4 Å². The van der Waals surface area contributed by atoms with Crippen LogP contribution >= 0.6 is 0 Å². The Morgan fingerprint density at radius 3 is 2.46 bits per heavy atom. The Morgan fingerprint density at radius 2 is 1.85 bits per heavy atom. The second-order valence-electron chi connectivity index (χ2n) is 5.95. The molecule has 1 amide bonds. The second-order valence-corrected chi connectivity index (χ2v) is 5.95. The quantitative estimate of drug-likeness (QED) is 0.663. The molecule has 6 nitrogen and oxygen atoms in total. The molecule has 2 rings (SSSR count). The Morgan fingerprint density at radius 1 is 1.15 bits per heavy atom. The van der Waals surface area contributed by atoms with Gasteiger partial charge in [0, 0.05) is 12.2 Å². The highest BCUT2D eigenvalue weighted by Crippen LogP contribution is 2.17. The van der Waals surface area contributed by atoms with Gasteiger partial charge in [-0.05, 0) is 57.3 Å². The summed E-state index contributed by atoms with van der Waals surface area (Å²) in [6.07, 6.45) is 1.76. The van der Waals surface area contributed by atoms with E-state index in [0.717, 1.165) is 17.2 Å². The minimum Gasteiger partial charge on any atom is -0.494 e. The van der Waals surface area contributed by atoms with Crippen molar-refractivity contribution in [2.45, 2.75) is 19.9 Å². The zero-order chi connectivity index (χ0) is 18.8. The minimum absolute atomic E-state index is 0.0365. The van der Waals surface area contributed by atoms with Gasteiger partial charge < -0.3 is 14.8 Å². The number of aromatic nitrogens is 1. The number of rotatable bonds is 10. The van der Waals surface area contributed by atoms with E-state index in [1.54, 1.807) is 6.20 Å². The molecule has 1 atom stereocenters. The first-order chi connectivity index (χ1) is 12.6. The third kappa shape index (κ3) is 6.37. The fraction of sp³-hybridized carbons (Fsp3) is 0.400. The summed E-state index contributed by atoms with van der Waals surface area (Å²) < 4.78 is 11.0. The first-order valence-electron chi connectivity index (χ1n) is 8.83. The van der Waals surface area contributed by atoms with Gasteiger partial charge >= 0.3 is 0 Å². The van der Waals surface area contributed by atoms with Crippen molar-refractivity contribution in [1.82, 2.24) is 15.2 Å². The van der Waals surface area contributed by atoms with E-state index in [4.69, 9.17) is 9.47 Å². The fourth-order valence-electron chi connectivity index (χ4n) is 2.43. The Kier molecular flexibility index (Phi) is 7.89. The molecule has 1 N–H and O–H groups in total. The van der Waals surface area contributed by atoms with Crippen molar-refractivity contribution in [2.24, 2.45) is 0 Å². The average molecular weight is 357 g/mol. The number of carbonyl (C=O) groups is 1. The Bertz CT molecular complexity index is 662. The van der Waals surface area contributed by atoms with Crippen LogP contribution in [0.1, 0.15) is 25.6 Å². The zero-order valence-electron chi connectivity index (χ0n) is 15.6. The van der Waals surface area contributed by atoms with Crippen LogP contribution in [-0.2, 0) is 4.79 Å². The van der Waals surface area contributed by atoms with Crippen molar-refractivity contribution in [3.63, 3.8) is 0 Å². The van der Waals surface area contributed by atoms with E-state index in [-0.39, 0.29) is 11.9 Å².